The van der Waals surface area contributed by atoms with E-state index in [1.807, 2.05) is 0 Å². The van der Waals surface area contributed by atoms with E-state index in [4.69, 9.17) is 11.3 Å². The topological polar surface area (TPSA) is 91.4 Å². The lowest BCUT2D eigenvalue weighted by atomic mass is 10.0. The molecule has 1 saturated heterocycles. The zero-order valence-electron chi connectivity index (χ0n) is 15.7. The molecule has 0 aliphatic carbocycles. The summed E-state index contributed by atoms with van der Waals surface area (Å²) in [4.78, 5) is 2.52. The number of β-amino-alcohol motifs (C(OH)–C–C–N with tert-alkyl or cyclic N) is 1. The summed E-state index contributed by atoms with van der Waals surface area (Å²) < 4.78 is 83.9. The van der Waals surface area contributed by atoms with Crippen LogP contribution in [0.2, 0.25) is 0 Å². The van der Waals surface area contributed by atoms with Crippen molar-refractivity contribution in [3.05, 3.63) is 65.3 Å². The van der Waals surface area contributed by atoms with Gasteiger partial charge in [-0.2, -0.15) is 17.5 Å². The molecule has 2 atom stereocenters. The number of nitrogens with zero attached hydrogens (tertiary/aromatic N) is 2. The number of halogens is 4. The van der Waals surface area contributed by atoms with Crippen LogP contribution in [-0.2, 0) is 16.2 Å². The largest absolute Gasteiger partial charge is 0.486 e. The van der Waals surface area contributed by atoms with Crippen molar-refractivity contribution in [1.82, 2.24) is 4.31 Å². The fraction of sp³-hybridized carbons (Fsp3) is 0.316. The smallest absolute Gasteiger partial charge is 0.416 e. The summed E-state index contributed by atoms with van der Waals surface area (Å²) >= 11 is 0. The second-order valence-electron chi connectivity index (χ2n) is 6.91. The van der Waals surface area contributed by atoms with Gasteiger partial charge in [-0.15, -0.1) is 0 Å². The van der Waals surface area contributed by atoms with E-state index in [1.54, 1.807) is 0 Å². The van der Waals surface area contributed by atoms with E-state index in [0.717, 1.165) is 28.6 Å². The highest BCUT2D eigenvalue weighted by atomic mass is 32.2. The minimum absolute atomic E-state index is 0.101. The van der Waals surface area contributed by atoms with Gasteiger partial charge in [0, 0.05) is 12.6 Å². The van der Waals surface area contributed by atoms with Crippen LogP contribution in [0.25, 0.3) is 4.85 Å². The molecule has 1 aliphatic rings. The molecule has 2 aromatic carbocycles. The maximum absolute atomic E-state index is 13.8. The van der Waals surface area contributed by atoms with Crippen molar-refractivity contribution in [1.29, 1.82) is 0 Å². The van der Waals surface area contributed by atoms with Crippen LogP contribution < -0.4 is 4.74 Å². The average molecular weight is 460 g/mol. The molecule has 0 radical (unpaired) electrons. The molecule has 1 fully saturated rings. The Labute approximate surface area is 175 Å². The molecule has 12 heteroatoms. The van der Waals surface area contributed by atoms with Gasteiger partial charge in [-0.1, -0.05) is 0 Å². The van der Waals surface area contributed by atoms with Gasteiger partial charge in [0.15, 0.2) is 0 Å². The van der Waals surface area contributed by atoms with Crippen LogP contribution >= 0.6 is 0 Å². The highest BCUT2D eigenvalue weighted by Gasteiger charge is 2.50. The van der Waals surface area contributed by atoms with E-state index in [-0.39, 0.29) is 11.4 Å². The molecular weight excluding hydrogens is 444 g/mol. The standard InChI is InChI=1S/C19H16F4N2O5S/c1-24-16-7-4-13(8-15(16)20)30-17-9-25(10-18(17,27)11-26)31(28,29)14-5-2-12(3-6-14)19(21,22)23/h2-8,17,26-27H,9-11H2/t17-,18+/m0/s1. The summed E-state index contributed by atoms with van der Waals surface area (Å²) in [5, 5.41) is 20.3. The first-order valence-corrected chi connectivity index (χ1v) is 10.2. The monoisotopic (exact) mass is 460 g/mol. The Morgan fingerprint density at radius 3 is 2.39 bits per heavy atom. The molecule has 2 aromatic rings. The first-order chi connectivity index (χ1) is 14.4. The van der Waals surface area contributed by atoms with Gasteiger partial charge in [-0.25, -0.2) is 17.7 Å². The number of sulfonamides is 1. The summed E-state index contributed by atoms with van der Waals surface area (Å²) in [5.74, 6) is -0.983. The minimum Gasteiger partial charge on any atom is -0.486 e. The summed E-state index contributed by atoms with van der Waals surface area (Å²) in [6, 6.07) is 6.11. The van der Waals surface area contributed by atoms with E-state index in [1.165, 1.54) is 6.07 Å². The van der Waals surface area contributed by atoms with Crippen molar-refractivity contribution < 1.29 is 40.9 Å². The lowest BCUT2D eigenvalue weighted by Crippen LogP contribution is -2.48. The van der Waals surface area contributed by atoms with Crippen molar-refractivity contribution in [3.8, 4) is 5.75 Å². The average Bonchev–Trinajstić information content (AvgIpc) is 3.05. The SMILES string of the molecule is [C-]#[N+]c1ccc(O[C@H]2CN(S(=O)(=O)c3ccc(C(F)(F)F)cc3)C[C@@]2(O)CO)cc1F. The number of aliphatic hydroxyl groups excluding tert-OH is 1. The lowest BCUT2D eigenvalue weighted by Gasteiger charge is -2.27. The van der Waals surface area contributed by atoms with Gasteiger partial charge in [-0.3, -0.25) is 0 Å². The molecule has 7 nitrogen and oxygen atoms in total. The first-order valence-electron chi connectivity index (χ1n) is 8.75. The molecule has 0 amide bonds. The van der Waals surface area contributed by atoms with Crippen molar-refractivity contribution in [2.45, 2.75) is 22.8 Å². The summed E-state index contributed by atoms with van der Waals surface area (Å²) in [7, 11) is -4.33. The maximum atomic E-state index is 13.8. The van der Waals surface area contributed by atoms with Gasteiger partial charge in [0.05, 0.1) is 30.2 Å². The molecule has 1 aliphatic heterocycles. The van der Waals surface area contributed by atoms with Gasteiger partial charge in [0.2, 0.25) is 15.7 Å². The molecule has 0 bridgehead atoms. The Bertz CT molecular complexity index is 1120. The zero-order chi connectivity index (χ0) is 23.0. The second kappa shape index (κ2) is 8.08. The fourth-order valence-electron chi connectivity index (χ4n) is 3.09. The lowest BCUT2D eigenvalue weighted by molar-refractivity contribution is -0.137. The number of rotatable bonds is 5. The molecule has 1 heterocycles. The molecule has 166 valence electrons. The molecule has 0 saturated carbocycles. The number of aliphatic hydroxyl groups is 2. The fourth-order valence-corrected chi connectivity index (χ4v) is 4.59. The van der Waals surface area contributed by atoms with Gasteiger partial charge >= 0.3 is 6.18 Å². The Balaban J connectivity index is 1.85. The van der Waals surface area contributed by atoms with E-state index in [0.29, 0.717) is 12.1 Å². The predicted molar refractivity (Wildman–Crippen MR) is 99.3 cm³/mol. The van der Waals surface area contributed by atoms with Gasteiger partial charge in [-0.05, 0) is 36.4 Å². The molecule has 0 unspecified atom stereocenters. The van der Waals surface area contributed by atoms with Crippen LogP contribution in [0.4, 0.5) is 23.2 Å². The second-order valence-corrected chi connectivity index (χ2v) is 8.85. The number of hydrogen-bond acceptors (Lipinski definition) is 5. The normalized spacial score (nSPS) is 22.3. The third kappa shape index (κ3) is 4.49. The quantitative estimate of drug-likeness (QED) is 0.529. The Hall–Kier alpha value is -2.72. The van der Waals surface area contributed by atoms with E-state index in [9.17, 15) is 36.2 Å². The third-order valence-electron chi connectivity index (χ3n) is 4.83. The predicted octanol–water partition coefficient (Wildman–Crippen LogP) is 2.57. The van der Waals surface area contributed by atoms with Crippen LogP contribution in [-0.4, -0.2) is 54.3 Å². The van der Waals surface area contributed by atoms with Crippen molar-refractivity contribution in [2.75, 3.05) is 19.7 Å². The van der Waals surface area contributed by atoms with Crippen LogP contribution in [0.3, 0.4) is 0 Å². The first kappa shape index (κ1) is 23.0. The maximum Gasteiger partial charge on any atom is 0.416 e. The molecular formula is C19H16F4N2O5S. The number of ether oxygens (including phenoxy) is 1. The molecule has 3 rings (SSSR count). The summed E-state index contributed by atoms with van der Waals surface area (Å²) in [5.41, 5.74) is -3.33. The van der Waals surface area contributed by atoms with E-state index >= 15 is 0 Å². The highest BCUT2D eigenvalue weighted by Crippen LogP contribution is 2.34. The van der Waals surface area contributed by atoms with E-state index in [2.05, 4.69) is 4.85 Å². The van der Waals surface area contributed by atoms with Crippen LogP contribution in [0.1, 0.15) is 5.56 Å². The third-order valence-corrected chi connectivity index (χ3v) is 6.66. The van der Waals surface area contributed by atoms with Crippen molar-refractivity contribution >= 4 is 15.7 Å². The van der Waals surface area contributed by atoms with Gasteiger partial charge in [0.1, 0.15) is 23.3 Å². The van der Waals surface area contributed by atoms with Crippen LogP contribution in [0.15, 0.2) is 47.4 Å². The van der Waals surface area contributed by atoms with Crippen molar-refractivity contribution in [3.63, 3.8) is 0 Å². The van der Waals surface area contributed by atoms with Crippen molar-refractivity contribution in [2.24, 2.45) is 0 Å². The highest BCUT2D eigenvalue weighted by molar-refractivity contribution is 7.89. The Kier molecular flexibility index (Phi) is 5.98. The zero-order valence-corrected chi connectivity index (χ0v) is 16.5. The molecule has 2 N–H and O–H groups in total. The Morgan fingerprint density at radius 1 is 1.23 bits per heavy atom. The Morgan fingerprint density at radius 2 is 1.87 bits per heavy atom. The van der Waals surface area contributed by atoms with Gasteiger partial charge in [0.25, 0.3) is 0 Å². The van der Waals surface area contributed by atoms with E-state index < -0.39 is 63.9 Å². The number of alkyl halides is 3. The van der Waals surface area contributed by atoms with Crippen LogP contribution in [0, 0.1) is 12.4 Å². The summed E-state index contributed by atoms with van der Waals surface area (Å²) in [6.45, 7) is 4.89. The number of benzene rings is 2. The molecule has 0 aromatic heterocycles. The molecule has 0 spiro atoms. The number of hydrogen-bond donors (Lipinski definition) is 2. The molecule has 31 heavy (non-hydrogen) atoms. The van der Waals surface area contributed by atoms with Gasteiger partial charge < -0.3 is 14.9 Å². The summed E-state index contributed by atoms with van der Waals surface area (Å²) in [6.07, 6.45) is -5.94. The minimum atomic E-state index is -4.63. The van der Waals surface area contributed by atoms with Crippen LogP contribution in [0.5, 0.6) is 5.75 Å².